The lowest BCUT2D eigenvalue weighted by molar-refractivity contribution is -0.117. The molecule has 2 aromatic carbocycles. The fraction of sp³-hybridized carbons (Fsp3) is 0.350. The highest BCUT2D eigenvalue weighted by molar-refractivity contribution is 7.89. The number of benzene rings is 2. The molecule has 0 radical (unpaired) electrons. The molecule has 8 heteroatoms. The normalized spacial score (nSPS) is 20.0. The van der Waals surface area contributed by atoms with E-state index in [4.69, 9.17) is 4.74 Å². The number of anilines is 3. The summed E-state index contributed by atoms with van der Waals surface area (Å²) in [6, 6.07) is 9.42. The summed E-state index contributed by atoms with van der Waals surface area (Å²) in [6.07, 6.45) is 1.76. The minimum atomic E-state index is -3.12. The first kappa shape index (κ1) is 18.6. The van der Waals surface area contributed by atoms with Crippen LogP contribution in [0.2, 0.25) is 0 Å². The van der Waals surface area contributed by atoms with Gasteiger partial charge >= 0.3 is 0 Å². The summed E-state index contributed by atoms with van der Waals surface area (Å²) in [7, 11) is -1.55. The molecular weight excluding hydrogens is 378 g/mol. The zero-order valence-electron chi connectivity index (χ0n) is 16.0. The minimum Gasteiger partial charge on any atom is -0.496 e. The van der Waals surface area contributed by atoms with Gasteiger partial charge in [0.05, 0.1) is 30.2 Å². The van der Waals surface area contributed by atoms with Gasteiger partial charge in [-0.25, -0.2) is 8.42 Å². The number of sulfone groups is 1. The Morgan fingerprint density at radius 2 is 1.75 bits per heavy atom. The van der Waals surface area contributed by atoms with Crippen LogP contribution in [0, 0.1) is 0 Å². The number of fused-ring (bicyclic) bond motifs is 2. The molecule has 0 bridgehead atoms. The van der Waals surface area contributed by atoms with Crippen LogP contribution in [-0.2, 0) is 20.4 Å². The number of amides is 1. The van der Waals surface area contributed by atoms with E-state index in [1.54, 1.807) is 19.2 Å². The van der Waals surface area contributed by atoms with Gasteiger partial charge in [0.2, 0.25) is 5.91 Å². The Bertz CT molecular complexity index is 1070. The molecule has 0 saturated heterocycles. The van der Waals surface area contributed by atoms with Gasteiger partial charge in [-0.3, -0.25) is 4.79 Å². The van der Waals surface area contributed by atoms with Crippen LogP contribution in [0.25, 0.3) is 0 Å². The number of carbonyl (C=O) groups is 1. The van der Waals surface area contributed by atoms with Crippen LogP contribution in [0.4, 0.5) is 17.1 Å². The molecule has 28 heavy (non-hydrogen) atoms. The number of methoxy groups -OCH3 is 1. The first-order chi connectivity index (χ1) is 13.3. The number of hydrogen-bond acceptors (Lipinski definition) is 6. The first-order valence-electron chi connectivity index (χ1n) is 9.15. The molecule has 3 N–H and O–H groups in total. The number of carbonyl (C=O) groups excluding carboxylic acids is 1. The molecule has 0 spiro atoms. The zero-order valence-corrected chi connectivity index (χ0v) is 16.8. The molecule has 4 rings (SSSR count). The van der Waals surface area contributed by atoms with Gasteiger partial charge in [-0.2, -0.15) is 0 Å². The average Bonchev–Trinajstić information content (AvgIpc) is 3.16. The summed E-state index contributed by atoms with van der Waals surface area (Å²) in [4.78, 5) is 12.1. The van der Waals surface area contributed by atoms with Crippen molar-refractivity contribution >= 4 is 32.8 Å². The molecule has 0 saturated carbocycles. The van der Waals surface area contributed by atoms with Crippen molar-refractivity contribution in [1.82, 2.24) is 0 Å². The van der Waals surface area contributed by atoms with Crippen molar-refractivity contribution in [3.05, 3.63) is 47.0 Å². The fourth-order valence-electron chi connectivity index (χ4n) is 3.91. The molecule has 0 fully saturated rings. The van der Waals surface area contributed by atoms with Gasteiger partial charge in [0.15, 0.2) is 9.84 Å². The highest BCUT2D eigenvalue weighted by Crippen LogP contribution is 2.45. The second-order valence-electron chi connectivity index (χ2n) is 7.30. The maximum absolute atomic E-state index is 12.1. The lowest BCUT2D eigenvalue weighted by Gasteiger charge is -2.17. The van der Waals surface area contributed by atoms with Gasteiger partial charge in [0.25, 0.3) is 0 Å². The third kappa shape index (κ3) is 3.28. The molecule has 2 unspecified atom stereocenters. The van der Waals surface area contributed by atoms with E-state index in [-0.39, 0.29) is 23.7 Å². The van der Waals surface area contributed by atoms with Crippen LogP contribution in [0.5, 0.6) is 5.75 Å². The van der Waals surface area contributed by atoms with Crippen LogP contribution in [-0.4, -0.2) is 27.7 Å². The average molecular weight is 401 g/mol. The molecule has 7 nitrogen and oxygen atoms in total. The molecule has 2 heterocycles. The zero-order chi connectivity index (χ0) is 20.1. The highest BCUT2D eigenvalue weighted by atomic mass is 32.2. The van der Waals surface area contributed by atoms with Crippen molar-refractivity contribution in [2.24, 2.45) is 0 Å². The van der Waals surface area contributed by atoms with E-state index in [1.807, 2.05) is 25.1 Å². The van der Waals surface area contributed by atoms with Gasteiger partial charge in [-0.05, 0) is 35.7 Å². The smallest absolute Gasteiger partial charge is 0.231 e. The molecule has 2 aliphatic rings. The molecule has 0 aliphatic carbocycles. The molecule has 1 amide bonds. The Morgan fingerprint density at radius 3 is 2.39 bits per heavy atom. The Balaban J connectivity index is 1.62. The summed E-state index contributed by atoms with van der Waals surface area (Å²) in [5, 5.41) is 9.79. The maximum Gasteiger partial charge on any atom is 0.231 e. The number of nitrogens with one attached hydrogen (secondary N) is 3. The van der Waals surface area contributed by atoms with Crippen LogP contribution in [0.3, 0.4) is 0 Å². The quantitative estimate of drug-likeness (QED) is 0.712. The third-order valence-electron chi connectivity index (χ3n) is 5.19. The monoisotopic (exact) mass is 401 g/mol. The Hall–Kier alpha value is -2.74. The lowest BCUT2D eigenvalue weighted by Crippen LogP contribution is -2.14. The van der Waals surface area contributed by atoms with E-state index in [9.17, 15) is 13.2 Å². The number of ether oxygens (including phenoxy) is 1. The van der Waals surface area contributed by atoms with Crippen LogP contribution in [0.1, 0.15) is 42.1 Å². The van der Waals surface area contributed by atoms with Crippen molar-refractivity contribution < 1.29 is 17.9 Å². The van der Waals surface area contributed by atoms with E-state index in [1.165, 1.54) is 6.26 Å². The summed E-state index contributed by atoms with van der Waals surface area (Å²) in [6.45, 7) is 2.00. The van der Waals surface area contributed by atoms with Gasteiger partial charge in [-0.15, -0.1) is 0 Å². The van der Waals surface area contributed by atoms with Crippen LogP contribution < -0.4 is 20.7 Å². The minimum absolute atomic E-state index is 0.0276. The topological polar surface area (TPSA) is 96.5 Å². The van der Waals surface area contributed by atoms with Gasteiger partial charge in [0, 0.05) is 17.5 Å². The second kappa shape index (κ2) is 6.70. The van der Waals surface area contributed by atoms with Crippen molar-refractivity contribution in [1.29, 1.82) is 0 Å². The largest absolute Gasteiger partial charge is 0.496 e. The Morgan fingerprint density at radius 1 is 1.04 bits per heavy atom. The molecule has 2 atom stereocenters. The third-order valence-corrected chi connectivity index (χ3v) is 6.04. The van der Waals surface area contributed by atoms with Gasteiger partial charge in [0.1, 0.15) is 11.9 Å². The fourth-order valence-corrected chi connectivity index (χ4v) is 4.69. The predicted molar refractivity (Wildman–Crippen MR) is 110 cm³/mol. The standard InChI is InChI=1S/C20H23N3O4S/c1-4-12-14-8-16-17(9-15(14)23-20(12)24)22-19(21-16)13-6-5-11(7-18(13)27-2)10-28(3,25)26/h5-9,12,19,21-22H,4,10H2,1-3H3,(H,23,24). The molecular formula is C20H23N3O4S. The Kier molecular flexibility index (Phi) is 4.45. The van der Waals surface area contributed by atoms with E-state index in [0.29, 0.717) is 11.3 Å². The maximum atomic E-state index is 12.1. The molecule has 2 aliphatic heterocycles. The summed E-state index contributed by atoms with van der Waals surface area (Å²) in [5.74, 6) is 0.512. The van der Waals surface area contributed by atoms with Crippen molar-refractivity contribution in [2.75, 3.05) is 29.3 Å². The number of rotatable bonds is 5. The van der Waals surface area contributed by atoms with Crippen LogP contribution in [0.15, 0.2) is 30.3 Å². The second-order valence-corrected chi connectivity index (χ2v) is 9.44. The van der Waals surface area contributed by atoms with E-state index in [2.05, 4.69) is 16.0 Å². The summed E-state index contributed by atoms with van der Waals surface area (Å²) >= 11 is 0. The molecule has 2 aromatic rings. The Labute approximate surface area is 164 Å². The molecule has 0 aromatic heterocycles. The van der Waals surface area contributed by atoms with Gasteiger partial charge < -0.3 is 20.7 Å². The van der Waals surface area contributed by atoms with Crippen molar-refractivity contribution in [2.45, 2.75) is 31.2 Å². The highest BCUT2D eigenvalue weighted by Gasteiger charge is 2.33. The SMILES string of the molecule is CCC1C(=O)Nc2cc3c(cc21)NC(c1ccc(CS(C)(=O)=O)cc1OC)N3. The summed E-state index contributed by atoms with van der Waals surface area (Å²) < 4.78 is 28.6. The summed E-state index contributed by atoms with van der Waals surface area (Å²) in [5.41, 5.74) is 5.26. The number of hydrogen-bond donors (Lipinski definition) is 3. The van der Waals surface area contributed by atoms with Crippen molar-refractivity contribution in [3.63, 3.8) is 0 Å². The van der Waals surface area contributed by atoms with E-state index in [0.717, 1.165) is 34.6 Å². The van der Waals surface area contributed by atoms with Crippen molar-refractivity contribution in [3.8, 4) is 5.75 Å². The first-order valence-corrected chi connectivity index (χ1v) is 11.2. The predicted octanol–water partition coefficient (Wildman–Crippen LogP) is 3.22. The van der Waals surface area contributed by atoms with Crippen LogP contribution >= 0.6 is 0 Å². The lowest BCUT2D eigenvalue weighted by atomic mass is 9.97. The van der Waals surface area contributed by atoms with E-state index >= 15 is 0 Å². The molecule has 148 valence electrons. The van der Waals surface area contributed by atoms with E-state index < -0.39 is 9.84 Å². The van der Waals surface area contributed by atoms with Gasteiger partial charge in [-0.1, -0.05) is 19.1 Å².